The summed E-state index contributed by atoms with van der Waals surface area (Å²) in [6.45, 7) is 8.56. The van der Waals surface area contributed by atoms with Gasteiger partial charge in [-0.3, -0.25) is 0 Å². The van der Waals surface area contributed by atoms with E-state index in [9.17, 15) is 0 Å². The van der Waals surface area contributed by atoms with Gasteiger partial charge in [-0.25, -0.2) is 0 Å². The summed E-state index contributed by atoms with van der Waals surface area (Å²) in [5, 5.41) is 0. The van der Waals surface area contributed by atoms with Gasteiger partial charge >= 0.3 is 0 Å². The molecule has 0 aromatic heterocycles. The van der Waals surface area contributed by atoms with Gasteiger partial charge in [-0.05, 0) is 27.4 Å². The van der Waals surface area contributed by atoms with Crippen molar-refractivity contribution < 1.29 is 0 Å². The molecule has 0 aliphatic carbocycles. The molecule has 0 aromatic rings. The van der Waals surface area contributed by atoms with E-state index in [2.05, 4.69) is 39.4 Å². The molecule has 0 spiro atoms. The minimum Gasteiger partial charge on any atom is -0.303 e. The third kappa shape index (κ3) is 13.1. The highest BCUT2D eigenvalue weighted by molar-refractivity contribution is 5.01. The maximum Gasteiger partial charge on any atom is 0.0296 e. The van der Waals surface area contributed by atoms with Crippen LogP contribution in [0, 0.1) is 0 Å². The summed E-state index contributed by atoms with van der Waals surface area (Å²) >= 11 is 0. The molecule has 0 amide bonds. The molecule has 1 atom stereocenters. The lowest BCUT2D eigenvalue weighted by Crippen LogP contribution is -2.28. The molecule has 0 rings (SSSR count). The van der Waals surface area contributed by atoms with Crippen molar-refractivity contribution in [3.05, 3.63) is 12.2 Å². The molecular formula is C20H41N. The summed E-state index contributed by atoms with van der Waals surface area (Å²) in [5.41, 5.74) is 1.31. The largest absolute Gasteiger partial charge is 0.303 e. The highest BCUT2D eigenvalue weighted by Crippen LogP contribution is 2.16. The monoisotopic (exact) mass is 295 g/mol. The SMILES string of the molecule is C=C(C)C(CCCCCCCCCCCCCC)N(C)C. The fourth-order valence-electron chi connectivity index (χ4n) is 3.12. The van der Waals surface area contributed by atoms with E-state index in [1.807, 2.05) is 0 Å². The number of hydrogen-bond acceptors (Lipinski definition) is 1. The van der Waals surface area contributed by atoms with Crippen LogP contribution in [0.3, 0.4) is 0 Å². The number of unbranched alkanes of at least 4 members (excludes halogenated alkanes) is 11. The van der Waals surface area contributed by atoms with Gasteiger partial charge in [-0.2, -0.15) is 0 Å². The first-order chi connectivity index (χ1) is 10.1. The molecular weight excluding hydrogens is 254 g/mol. The summed E-state index contributed by atoms with van der Waals surface area (Å²) in [7, 11) is 4.33. The van der Waals surface area contributed by atoms with E-state index < -0.39 is 0 Å². The van der Waals surface area contributed by atoms with Gasteiger partial charge in [0.1, 0.15) is 0 Å². The van der Waals surface area contributed by atoms with Gasteiger partial charge in [0.05, 0.1) is 0 Å². The molecule has 21 heavy (non-hydrogen) atoms. The molecule has 0 bridgehead atoms. The van der Waals surface area contributed by atoms with Crippen LogP contribution in [0.4, 0.5) is 0 Å². The number of rotatable bonds is 15. The zero-order valence-electron chi connectivity index (χ0n) is 15.4. The average molecular weight is 296 g/mol. The van der Waals surface area contributed by atoms with E-state index in [1.54, 1.807) is 0 Å². The Hall–Kier alpha value is -0.300. The van der Waals surface area contributed by atoms with Gasteiger partial charge < -0.3 is 4.90 Å². The second-order valence-electron chi connectivity index (χ2n) is 7.00. The number of hydrogen-bond donors (Lipinski definition) is 0. The standard InChI is InChI=1S/C20H41N/c1-6-7-8-9-10-11-12-13-14-15-16-17-18-20(19(2)3)21(4)5/h20H,2,6-18H2,1,3-5H3. The maximum atomic E-state index is 4.11. The molecule has 0 aromatic carbocycles. The van der Waals surface area contributed by atoms with Crippen LogP contribution in [0.25, 0.3) is 0 Å². The van der Waals surface area contributed by atoms with Crippen molar-refractivity contribution in [2.45, 2.75) is 103 Å². The minimum atomic E-state index is 0.577. The van der Waals surface area contributed by atoms with Gasteiger partial charge in [-0.15, -0.1) is 0 Å². The Morgan fingerprint density at radius 2 is 1.14 bits per heavy atom. The number of nitrogens with zero attached hydrogens (tertiary/aromatic N) is 1. The quantitative estimate of drug-likeness (QED) is 0.243. The lowest BCUT2D eigenvalue weighted by atomic mass is 10.0. The molecule has 1 nitrogen and oxygen atoms in total. The van der Waals surface area contributed by atoms with Crippen LogP contribution in [0.5, 0.6) is 0 Å². The topological polar surface area (TPSA) is 3.24 Å². The molecule has 0 radical (unpaired) electrons. The molecule has 0 aliphatic heterocycles. The first-order valence-corrected chi connectivity index (χ1v) is 9.41. The first-order valence-electron chi connectivity index (χ1n) is 9.41. The molecule has 1 heteroatoms. The minimum absolute atomic E-state index is 0.577. The van der Waals surface area contributed by atoms with E-state index in [0.717, 1.165) is 0 Å². The molecule has 0 aliphatic rings. The van der Waals surface area contributed by atoms with Gasteiger partial charge in [0, 0.05) is 6.04 Å². The molecule has 0 heterocycles. The van der Waals surface area contributed by atoms with Crippen molar-refractivity contribution in [1.82, 2.24) is 4.90 Å². The van der Waals surface area contributed by atoms with Crippen molar-refractivity contribution in [1.29, 1.82) is 0 Å². The van der Waals surface area contributed by atoms with Gasteiger partial charge in [0.15, 0.2) is 0 Å². The van der Waals surface area contributed by atoms with Crippen LogP contribution < -0.4 is 0 Å². The molecule has 0 N–H and O–H groups in total. The van der Waals surface area contributed by atoms with Crippen LogP contribution in [0.2, 0.25) is 0 Å². The summed E-state index contributed by atoms with van der Waals surface area (Å²) < 4.78 is 0. The Labute approximate surface area is 135 Å². The maximum absolute atomic E-state index is 4.11. The zero-order chi connectivity index (χ0) is 15.9. The predicted molar refractivity (Wildman–Crippen MR) is 98.0 cm³/mol. The summed E-state index contributed by atoms with van der Waals surface area (Å²) in [6.07, 6.45) is 18.4. The zero-order valence-corrected chi connectivity index (χ0v) is 15.4. The van der Waals surface area contributed by atoms with E-state index in [-0.39, 0.29) is 0 Å². The predicted octanol–water partition coefficient (Wildman–Crippen LogP) is 6.58. The van der Waals surface area contributed by atoms with Crippen molar-refractivity contribution >= 4 is 0 Å². The summed E-state index contributed by atoms with van der Waals surface area (Å²) in [5.74, 6) is 0. The highest BCUT2D eigenvalue weighted by atomic mass is 15.1. The summed E-state index contributed by atoms with van der Waals surface area (Å²) in [4.78, 5) is 2.31. The Bertz CT molecular complexity index is 232. The molecule has 0 fully saturated rings. The van der Waals surface area contributed by atoms with Gasteiger partial charge in [0.2, 0.25) is 0 Å². The Morgan fingerprint density at radius 1 is 0.762 bits per heavy atom. The van der Waals surface area contributed by atoms with E-state index >= 15 is 0 Å². The molecule has 126 valence electrons. The summed E-state index contributed by atoms with van der Waals surface area (Å²) in [6, 6.07) is 0.577. The third-order valence-electron chi connectivity index (χ3n) is 4.52. The molecule has 1 unspecified atom stereocenters. The normalized spacial score (nSPS) is 12.8. The molecule has 0 saturated carbocycles. The lowest BCUT2D eigenvalue weighted by molar-refractivity contribution is 0.307. The van der Waals surface area contributed by atoms with Crippen LogP contribution >= 0.6 is 0 Å². The fourth-order valence-corrected chi connectivity index (χ4v) is 3.12. The van der Waals surface area contributed by atoms with Crippen molar-refractivity contribution in [2.75, 3.05) is 14.1 Å². The van der Waals surface area contributed by atoms with Crippen LogP contribution in [-0.2, 0) is 0 Å². The van der Waals surface area contributed by atoms with Crippen LogP contribution in [-0.4, -0.2) is 25.0 Å². The number of likely N-dealkylation sites (N-methyl/N-ethyl adjacent to an activating group) is 1. The average Bonchev–Trinajstić information content (AvgIpc) is 2.43. The van der Waals surface area contributed by atoms with Crippen molar-refractivity contribution in [3.63, 3.8) is 0 Å². The van der Waals surface area contributed by atoms with E-state index in [0.29, 0.717) is 6.04 Å². The lowest BCUT2D eigenvalue weighted by Gasteiger charge is -2.24. The van der Waals surface area contributed by atoms with Gasteiger partial charge in [0.25, 0.3) is 0 Å². The first kappa shape index (κ1) is 20.7. The van der Waals surface area contributed by atoms with Crippen LogP contribution in [0.1, 0.15) is 97.3 Å². The Morgan fingerprint density at radius 3 is 1.48 bits per heavy atom. The Kier molecular flexibility index (Phi) is 14.4. The van der Waals surface area contributed by atoms with Gasteiger partial charge in [-0.1, -0.05) is 96.1 Å². The fraction of sp³-hybridized carbons (Fsp3) is 0.900. The molecule has 0 saturated heterocycles. The van der Waals surface area contributed by atoms with E-state index in [1.165, 1.54) is 89.0 Å². The van der Waals surface area contributed by atoms with Crippen molar-refractivity contribution in [3.8, 4) is 0 Å². The van der Waals surface area contributed by atoms with Crippen molar-refractivity contribution in [2.24, 2.45) is 0 Å². The highest BCUT2D eigenvalue weighted by Gasteiger charge is 2.10. The van der Waals surface area contributed by atoms with E-state index in [4.69, 9.17) is 0 Å². The Balaban J connectivity index is 3.27. The second-order valence-corrected chi connectivity index (χ2v) is 7.00. The van der Waals surface area contributed by atoms with Crippen LogP contribution in [0.15, 0.2) is 12.2 Å². The smallest absolute Gasteiger partial charge is 0.0296 e. The third-order valence-corrected chi connectivity index (χ3v) is 4.52. The second kappa shape index (κ2) is 14.6.